The van der Waals surface area contributed by atoms with Crippen molar-refractivity contribution in [2.75, 3.05) is 11.5 Å². The molecule has 1 aliphatic rings. The van der Waals surface area contributed by atoms with E-state index in [0.717, 1.165) is 11.1 Å². The maximum atomic E-state index is 12.9. The van der Waals surface area contributed by atoms with Gasteiger partial charge in [-0.15, -0.1) is 0 Å². The molecule has 1 amide bonds. The van der Waals surface area contributed by atoms with Crippen molar-refractivity contribution in [3.8, 4) is 0 Å². The number of rotatable bonds is 3. The third kappa shape index (κ3) is 3.87. The van der Waals surface area contributed by atoms with E-state index in [9.17, 15) is 4.79 Å². The number of nitrogens with zero attached hydrogens (tertiary/aromatic N) is 2. The third-order valence-electron chi connectivity index (χ3n) is 4.62. The Balaban J connectivity index is 1.85. The van der Waals surface area contributed by atoms with Crippen molar-refractivity contribution in [1.82, 2.24) is 4.98 Å². The van der Waals surface area contributed by atoms with Gasteiger partial charge in [-0.2, -0.15) is 0 Å². The molecule has 7 heteroatoms. The molecule has 0 bridgehead atoms. The molecule has 4 rings (SSSR count). The summed E-state index contributed by atoms with van der Waals surface area (Å²) in [5.74, 6) is -0.160. The van der Waals surface area contributed by atoms with Crippen LogP contribution >= 0.6 is 34.8 Å². The van der Waals surface area contributed by atoms with Crippen LogP contribution in [0.25, 0.3) is 0 Å². The van der Waals surface area contributed by atoms with Crippen molar-refractivity contribution >= 4 is 46.4 Å². The smallest absolute Gasteiger partial charge is 0.253 e. The van der Waals surface area contributed by atoms with Gasteiger partial charge in [0.1, 0.15) is 17.9 Å². The number of aromatic nitrogens is 1. The van der Waals surface area contributed by atoms with Crippen LogP contribution in [0, 0.1) is 0 Å². The topological polar surface area (TPSA) is 42.4 Å². The lowest BCUT2D eigenvalue weighted by molar-refractivity contribution is -0.132. The first-order valence-corrected chi connectivity index (χ1v) is 9.72. The van der Waals surface area contributed by atoms with Crippen LogP contribution in [0.5, 0.6) is 0 Å². The quantitative estimate of drug-likeness (QED) is 0.484. The van der Waals surface area contributed by atoms with Crippen LogP contribution < -0.4 is 4.90 Å². The van der Waals surface area contributed by atoms with Crippen molar-refractivity contribution in [2.45, 2.75) is 12.1 Å². The fourth-order valence-electron chi connectivity index (χ4n) is 3.37. The lowest BCUT2D eigenvalue weighted by atomic mass is 9.92. The predicted octanol–water partition coefficient (Wildman–Crippen LogP) is 5.89. The minimum absolute atomic E-state index is 0.0443. The maximum Gasteiger partial charge on any atom is 0.253 e. The zero-order chi connectivity index (χ0) is 19.7. The molecule has 2 atom stereocenters. The molecule has 0 spiro atoms. The average Bonchev–Trinajstić information content (AvgIpc) is 2.69. The molecule has 0 radical (unpaired) electrons. The summed E-state index contributed by atoms with van der Waals surface area (Å²) in [6.45, 7) is -0.0443. The molecule has 3 aromatic rings. The zero-order valence-electron chi connectivity index (χ0n) is 14.6. The lowest BCUT2D eigenvalue weighted by Crippen LogP contribution is -2.46. The molecule has 0 unspecified atom stereocenters. The molecule has 1 saturated heterocycles. The molecule has 0 N–H and O–H groups in total. The van der Waals surface area contributed by atoms with Crippen molar-refractivity contribution in [2.24, 2.45) is 0 Å². The number of carbonyl (C=O) groups is 1. The van der Waals surface area contributed by atoms with E-state index in [0.29, 0.717) is 20.9 Å². The van der Waals surface area contributed by atoms with E-state index in [1.807, 2.05) is 36.4 Å². The molecule has 2 aromatic carbocycles. The van der Waals surface area contributed by atoms with Crippen LogP contribution in [0.3, 0.4) is 0 Å². The van der Waals surface area contributed by atoms with Crippen molar-refractivity contribution in [3.63, 3.8) is 0 Å². The summed E-state index contributed by atoms with van der Waals surface area (Å²) >= 11 is 18.2. The largest absolute Gasteiger partial charge is 0.361 e. The van der Waals surface area contributed by atoms with Gasteiger partial charge in [0.25, 0.3) is 5.91 Å². The Labute approximate surface area is 177 Å². The van der Waals surface area contributed by atoms with E-state index in [2.05, 4.69) is 4.98 Å². The standard InChI is InChI=1S/C21H15Cl3N2O2/c22-15-5-1-13(2-6-15)20-21(14-3-7-16(23)8-4-14)28-12-19(27)26(20)17-9-10-25-18(24)11-17/h1-11,20-21H,12H2/t20-,21+/m1/s1. The molecule has 4 nitrogen and oxygen atoms in total. The first-order chi connectivity index (χ1) is 13.5. The molecular formula is C21H15Cl3N2O2. The van der Waals surface area contributed by atoms with E-state index < -0.39 is 6.04 Å². The zero-order valence-corrected chi connectivity index (χ0v) is 16.8. The summed E-state index contributed by atoms with van der Waals surface area (Å²) in [5.41, 5.74) is 2.47. The predicted molar refractivity (Wildman–Crippen MR) is 111 cm³/mol. The number of benzene rings is 2. The summed E-state index contributed by atoms with van der Waals surface area (Å²) in [4.78, 5) is 18.6. The SMILES string of the molecule is O=C1CO[C@@H](c2ccc(Cl)cc2)[C@@H](c2ccc(Cl)cc2)N1c1ccnc(Cl)c1. The Morgan fingerprint density at radius 2 is 1.50 bits per heavy atom. The minimum atomic E-state index is -0.404. The molecule has 1 aliphatic heterocycles. The molecule has 1 aromatic heterocycles. The average molecular weight is 434 g/mol. The normalized spacial score (nSPS) is 19.7. The number of amides is 1. The van der Waals surface area contributed by atoms with E-state index >= 15 is 0 Å². The fourth-order valence-corrected chi connectivity index (χ4v) is 3.79. The van der Waals surface area contributed by atoms with Gasteiger partial charge in [0.15, 0.2) is 0 Å². The van der Waals surface area contributed by atoms with Gasteiger partial charge in [0.05, 0.1) is 6.04 Å². The Morgan fingerprint density at radius 3 is 2.11 bits per heavy atom. The third-order valence-corrected chi connectivity index (χ3v) is 5.33. The van der Waals surface area contributed by atoms with Crippen LogP contribution in [0.1, 0.15) is 23.3 Å². The highest BCUT2D eigenvalue weighted by atomic mass is 35.5. The summed E-state index contributed by atoms with van der Waals surface area (Å²) < 4.78 is 5.98. The lowest BCUT2D eigenvalue weighted by Gasteiger charge is -2.41. The van der Waals surface area contributed by atoms with Gasteiger partial charge in [-0.1, -0.05) is 59.1 Å². The molecule has 1 fully saturated rings. The number of pyridine rings is 1. The number of hydrogen-bond donors (Lipinski definition) is 0. The fraction of sp³-hybridized carbons (Fsp3) is 0.143. The van der Waals surface area contributed by atoms with Crippen LogP contribution in [0.15, 0.2) is 66.9 Å². The molecular weight excluding hydrogens is 419 g/mol. The number of anilines is 1. The molecule has 142 valence electrons. The molecule has 2 heterocycles. The minimum Gasteiger partial charge on any atom is -0.361 e. The Bertz CT molecular complexity index is 993. The Morgan fingerprint density at radius 1 is 0.893 bits per heavy atom. The number of carbonyl (C=O) groups excluding carboxylic acids is 1. The van der Waals surface area contributed by atoms with E-state index in [-0.39, 0.29) is 18.6 Å². The van der Waals surface area contributed by atoms with Crippen molar-refractivity contribution in [3.05, 3.63) is 93.2 Å². The van der Waals surface area contributed by atoms with Crippen molar-refractivity contribution < 1.29 is 9.53 Å². The van der Waals surface area contributed by atoms with E-state index in [1.54, 1.807) is 35.4 Å². The van der Waals surface area contributed by atoms with Gasteiger partial charge in [-0.25, -0.2) is 4.98 Å². The highest BCUT2D eigenvalue weighted by Gasteiger charge is 2.39. The first-order valence-electron chi connectivity index (χ1n) is 8.59. The Kier molecular flexibility index (Phi) is 5.56. The highest BCUT2D eigenvalue weighted by Crippen LogP contribution is 2.43. The summed E-state index contributed by atoms with van der Waals surface area (Å²) in [5, 5.41) is 1.57. The monoisotopic (exact) mass is 432 g/mol. The molecule has 28 heavy (non-hydrogen) atoms. The van der Waals surface area contributed by atoms with Gasteiger partial charge >= 0.3 is 0 Å². The maximum absolute atomic E-state index is 12.9. The van der Waals surface area contributed by atoms with Gasteiger partial charge in [0.2, 0.25) is 0 Å². The first kappa shape index (κ1) is 19.2. The van der Waals surface area contributed by atoms with Crippen molar-refractivity contribution in [1.29, 1.82) is 0 Å². The molecule has 0 aliphatic carbocycles. The number of ether oxygens (including phenoxy) is 1. The van der Waals surface area contributed by atoms with E-state index in [4.69, 9.17) is 39.5 Å². The van der Waals surface area contributed by atoms with Gasteiger partial charge in [-0.3, -0.25) is 9.69 Å². The van der Waals surface area contributed by atoms with Gasteiger partial charge in [-0.05, 0) is 47.5 Å². The number of halogens is 3. The second-order valence-corrected chi connectivity index (χ2v) is 7.64. The Hall–Kier alpha value is -2.11. The van der Waals surface area contributed by atoms with Crippen LogP contribution in [0.2, 0.25) is 15.2 Å². The summed E-state index contributed by atoms with van der Waals surface area (Å²) in [7, 11) is 0. The second-order valence-electron chi connectivity index (χ2n) is 6.38. The van der Waals surface area contributed by atoms with Crippen LogP contribution in [-0.2, 0) is 9.53 Å². The highest BCUT2D eigenvalue weighted by molar-refractivity contribution is 6.31. The van der Waals surface area contributed by atoms with Crippen LogP contribution in [-0.4, -0.2) is 17.5 Å². The van der Waals surface area contributed by atoms with E-state index in [1.165, 1.54) is 0 Å². The van der Waals surface area contributed by atoms with Gasteiger partial charge < -0.3 is 4.74 Å². The molecule has 0 saturated carbocycles. The van der Waals surface area contributed by atoms with Crippen LogP contribution in [0.4, 0.5) is 5.69 Å². The number of morpholine rings is 1. The second kappa shape index (κ2) is 8.10. The summed E-state index contributed by atoms with van der Waals surface area (Å²) in [6.07, 6.45) is 1.19. The van der Waals surface area contributed by atoms with Gasteiger partial charge in [0, 0.05) is 21.9 Å². The summed E-state index contributed by atoms with van der Waals surface area (Å²) in [6, 6.07) is 17.8. The number of hydrogen-bond acceptors (Lipinski definition) is 3.